The fraction of sp³-hybridized carbons (Fsp3) is 0.400. The quantitative estimate of drug-likeness (QED) is 0.155. The van der Waals surface area contributed by atoms with Gasteiger partial charge in [0.1, 0.15) is 0 Å². The SMILES string of the molecule is CCOC(=O)C(C=NC(C)CO)C(=O)c1cc(F)c(F)c(F)c1F. The Morgan fingerprint density at radius 2 is 1.88 bits per heavy atom. The number of Topliss-reactive ketones (excluding diaryl/α,β-unsaturated/α-hetero) is 1. The number of halogens is 4. The van der Waals surface area contributed by atoms with Crippen LogP contribution in [-0.4, -0.2) is 42.3 Å². The molecular formula is C15H15F4NO4. The molecule has 0 heterocycles. The van der Waals surface area contributed by atoms with Crippen molar-refractivity contribution in [2.75, 3.05) is 13.2 Å². The summed E-state index contributed by atoms with van der Waals surface area (Å²) in [5.74, 6) is -12.2. The summed E-state index contributed by atoms with van der Waals surface area (Å²) in [6.45, 7) is 2.40. The van der Waals surface area contributed by atoms with Crippen LogP contribution >= 0.6 is 0 Å². The van der Waals surface area contributed by atoms with Gasteiger partial charge in [-0.15, -0.1) is 0 Å². The van der Waals surface area contributed by atoms with Crippen molar-refractivity contribution in [2.24, 2.45) is 10.9 Å². The number of aliphatic hydroxyl groups excluding tert-OH is 1. The van der Waals surface area contributed by atoms with Gasteiger partial charge in [0.25, 0.3) is 0 Å². The van der Waals surface area contributed by atoms with Gasteiger partial charge in [-0.05, 0) is 19.9 Å². The Morgan fingerprint density at radius 1 is 1.25 bits per heavy atom. The van der Waals surface area contributed by atoms with Gasteiger partial charge in [-0.2, -0.15) is 0 Å². The maximum Gasteiger partial charge on any atom is 0.322 e. The molecule has 0 saturated heterocycles. The van der Waals surface area contributed by atoms with Gasteiger partial charge in [-0.25, -0.2) is 17.6 Å². The standard InChI is InChI=1S/C15H15F4NO4/c1-3-24-15(23)9(5-20-7(2)6-21)14(22)8-4-10(16)12(18)13(19)11(8)17/h4-5,7,9,21H,3,6H2,1-2H3. The molecule has 1 N–H and O–H groups in total. The number of carbonyl (C=O) groups is 2. The zero-order chi connectivity index (χ0) is 18.4. The second kappa shape index (κ2) is 8.53. The molecule has 0 aliphatic rings. The Labute approximate surface area is 135 Å². The third-order valence-electron chi connectivity index (χ3n) is 2.94. The third kappa shape index (κ3) is 4.38. The van der Waals surface area contributed by atoms with Crippen LogP contribution in [0.25, 0.3) is 0 Å². The molecule has 0 aromatic heterocycles. The van der Waals surface area contributed by atoms with Gasteiger partial charge in [-0.3, -0.25) is 14.6 Å². The van der Waals surface area contributed by atoms with Crippen LogP contribution in [0.5, 0.6) is 0 Å². The van der Waals surface area contributed by atoms with E-state index in [9.17, 15) is 27.2 Å². The lowest BCUT2D eigenvalue weighted by Gasteiger charge is -2.12. The smallest absolute Gasteiger partial charge is 0.322 e. The van der Waals surface area contributed by atoms with E-state index in [0.29, 0.717) is 0 Å². The third-order valence-corrected chi connectivity index (χ3v) is 2.94. The van der Waals surface area contributed by atoms with Crippen molar-refractivity contribution in [1.29, 1.82) is 0 Å². The summed E-state index contributed by atoms with van der Waals surface area (Å²) < 4.78 is 57.8. The number of hydrogen-bond donors (Lipinski definition) is 1. The number of carbonyl (C=O) groups excluding carboxylic acids is 2. The van der Waals surface area contributed by atoms with Gasteiger partial charge in [0.15, 0.2) is 35.0 Å². The lowest BCUT2D eigenvalue weighted by atomic mass is 9.97. The number of nitrogens with zero attached hydrogens (tertiary/aromatic N) is 1. The lowest BCUT2D eigenvalue weighted by Crippen LogP contribution is -2.29. The van der Waals surface area contributed by atoms with Crippen LogP contribution in [0.2, 0.25) is 0 Å². The molecule has 5 nitrogen and oxygen atoms in total. The minimum absolute atomic E-state index is 0.110. The maximum atomic E-state index is 13.7. The highest BCUT2D eigenvalue weighted by molar-refractivity contribution is 6.18. The normalized spacial score (nSPS) is 13.8. The van der Waals surface area contributed by atoms with E-state index in [4.69, 9.17) is 5.11 Å². The van der Waals surface area contributed by atoms with Crippen LogP contribution in [0.1, 0.15) is 24.2 Å². The van der Waals surface area contributed by atoms with E-state index in [1.165, 1.54) is 13.8 Å². The predicted molar refractivity (Wildman–Crippen MR) is 75.8 cm³/mol. The Balaban J connectivity index is 3.31. The van der Waals surface area contributed by atoms with Crippen LogP contribution < -0.4 is 0 Å². The number of hydrogen-bond acceptors (Lipinski definition) is 5. The summed E-state index contributed by atoms with van der Waals surface area (Å²) >= 11 is 0. The van der Waals surface area contributed by atoms with E-state index >= 15 is 0 Å². The minimum atomic E-state index is -2.17. The van der Waals surface area contributed by atoms with E-state index in [2.05, 4.69) is 9.73 Å². The number of ether oxygens (including phenoxy) is 1. The van der Waals surface area contributed by atoms with Crippen LogP contribution in [0.4, 0.5) is 17.6 Å². The molecule has 0 amide bonds. The van der Waals surface area contributed by atoms with Crippen molar-refractivity contribution >= 4 is 18.0 Å². The van der Waals surface area contributed by atoms with Crippen molar-refractivity contribution in [3.05, 3.63) is 34.9 Å². The molecule has 0 spiro atoms. The van der Waals surface area contributed by atoms with Gasteiger partial charge in [0.05, 0.1) is 24.8 Å². The summed E-state index contributed by atoms with van der Waals surface area (Å²) in [7, 11) is 0. The first-order chi connectivity index (χ1) is 11.2. The molecule has 2 unspecified atom stereocenters. The average Bonchev–Trinajstić information content (AvgIpc) is 2.56. The number of ketones is 1. The van der Waals surface area contributed by atoms with E-state index in [0.717, 1.165) is 6.21 Å². The molecule has 1 rings (SSSR count). The van der Waals surface area contributed by atoms with E-state index in [1.54, 1.807) is 0 Å². The van der Waals surface area contributed by atoms with Crippen molar-refractivity contribution in [3.8, 4) is 0 Å². The fourth-order valence-corrected chi connectivity index (χ4v) is 1.67. The second-order valence-corrected chi connectivity index (χ2v) is 4.77. The first kappa shape index (κ1) is 19.8. The van der Waals surface area contributed by atoms with Crippen molar-refractivity contribution in [1.82, 2.24) is 0 Å². The first-order valence-electron chi connectivity index (χ1n) is 6.92. The Bertz CT molecular complexity index is 663. The second-order valence-electron chi connectivity index (χ2n) is 4.77. The molecule has 1 aromatic rings. The summed E-state index contributed by atoms with van der Waals surface area (Å²) in [4.78, 5) is 27.8. The van der Waals surface area contributed by atoms with Gasteiger partial charge < -0.3 is 9.84 Å². The molecule has 0 fully saturated rings. The molecule has 2 atom stereocenters. The van der Waals surface area contributed by atoms with Crippen LogP contribution in [-0.2, 0) is 9.53 Å². The molecule has 9 heteroatoms. The number of aliphatic imine (C=N–C) groups is 1. The van der Waals surface area contributed by atoms with Crippen molar-refractivity contribution in [2.45, 2.75) is 19.9 Å². The monoisotopic (exact) mass is 349 g/mol. The summed E-state index contributed by atoms with van der Waals surface area (Å²) in [6.07, 6.45) is 0.791. The average molecular weight is 349 g/mol. The lowest BCUT2D eigenvalue weighted by molar-refractivity contribution is -0.144. The summed E-state index contributed by atoms with van der Waals surface area (Å²) in [5, 5.41) is 8.88. The van der Waals surface area contributed by atoms with Crippen molar-refractivity contribution < 1.29 is 37.0 Å². The molecule has 0 saturated carbocycles. The van der Waals surface area contributed by atoms with Crippen molar-refractivity contribution in [3.63, 3.8) is 0 Å². The predicted octanol–water partition coefficient (Wildman–Crippen LogP) is 2.06. The first-order valence-corrected chi connectivity index (χ1v) is 6.92. The number of rotatable bonds is 7. The summed E-state index contributed by atoms with van der Waals surface area (Å²) in [5.41, 5.74) is -1.15. The van der Waals surface area contributed by atoms with Crippen LogP contribution in [0, 0.1) is 29.2 Å². The number of esters is 1. The van der Waals surface area contributed by atoms with Crippen LogP contribution in [0.3, 0.4) is 0 Å². The highest BCUT2D eigenvalue weighted by atomic mass is 19.2. The summed E-state index contributed by atoms with van der Waals surface area (Å²) in [6, 6.07) is -0.521. The molecular weight excluding hydrogens is 334 g/mol. The van der Waals surface area contributed by atoms with Gasteiger partial charge in [0.2, 0.25) is 0 Å². The highest BCUT2D eigenvalue weighted by Crippen LogP contribution is 2.21. The topological polar surface area (TPSA) is 76.0 Å². The molecule has 132 valence electrons. The molecule has 1 aromatic carbocycles. The molecule has 0 bridgehead atoms. The van der Waals surface area contributed by atoms with E-state index in [1.807, 2.05) is 0 Å². The fourth-order valence-electron chi connectivity index (χ4n) is 1.67. The Morgan fingerprint density at radius 3 is 2.42 bits per heavy atom. The Kier molecular flexibility index (Phi) is 7.02. The van der Waals surface area contributed by atoms with Gasteiger partial charge in [-0.1, -0.05) is 0 Å². The van der Waals surface area contributed by atoms with Gasteiger partial charge >= 0.3 is 5.97 Å². The van der Waals surface area contributed by atoms with E-state index in [-0.39, 0.29) is 12.7 Å². The van der Waals surface area contributed by atoms with Crippen LogP contribution in [0.15, 0.2) is 11.1 Å². The minimum Gasteiger partial charge on any atom is -0.465 e. The molecule has 24 heavy (non-hydrogen) atoms. The zero-order valence-electron chi connectivity index (χ0n) is 12.9. The van der Waals surface area contributed by atoms with Gasteiger partial charge in [0, 0.05) is 6.21 Å². The van der Waals surface area contributed by atoms with E-state index < -0.39 is 59.2 Å². The molecule has 0 aliphatic heterocycles. The largest absolute Gasteiger partial charge is 0.465 e. The maximum absolute atomic E-state index is 13.7. The molecule has 0 radical (unpaired) electrons. The number of benzene rings is 1. The zero-order valence-corrected chi connectivity index (χ0v) is 12.9. The number of aliphatic hydroxyl groups is 1. The Hall–Kier alpha value is -2.29. The highest BCUT2D eigenvalue weighted by Gasteiger charge is 2.32. The molecule has 0 aliphatic carbocycles.